The Morgan fingerprint density at radius 1 is 1.21 bits per heavy atom. The number of pyridine rings is 1. The largest absolute Gasteiger partial charge is 0.359 e. The summed E-state index contributed by atoms with van der Waals surface area (Å²) in [5.41, 5.74) is 1.99. The molecule has 0 atom stereocenters. The molecule has 0 amide bonds. The Morgan fingerprint density at radius 2 is 2.04 bits per heavy atom. The molecule has 3 heterocycles. The lowest BCUT2D eigenvalue weighted by atomic mass is 10.2. The van der Waals surface area contributed by atoms with Gasteiger partial charge in [0.1, 0.15) is 12.2 Å². The standard InChI is InChI=1S/C16H20FN5OSi/c1-24(2,3)8-7-23-11-22-16-14(10-20-22)21-13(9-19-16)12-5-4-6-18-15(12)17/h4-6,9-10H,7-8,11H2,1-3H3. The van der Waals surface area contributed by atoms with Crippen LogP contribution in [0.5, 0.6) is 0 Å². The summed E-state index contributed by atoms with van der Waals surface area (Å²) < 4.78 is 21.1. The van der Waals surface area contributed by atoms with Crippen LogP contribution in [0, 0.1) is 5.95 Å². The third kappa shape index (κ3) is 3.82. The summed E-state index contributed by atoms with van der Waals surface area (Å²) in [6.07, 6.45) is 4.55. The highest BCUT2D eigenvalue weighted by Crippen LogP contribution is 2.20. The van der Waals surface area contributed by atoms with E-state index in [0.717, 1.165) is 6.04 Å². The van der Waals surface area contributed by atoms with Crippen LogP contribution >= 0.6 is 0 Å². The number of halogens is 1. The third-order valence-electron chi connectivity index (χ3n) is 3.59. The molecule has 0 aromatic carbocycles. The van der Waals surface area contributed by atoms with Gasteiger partial charge >= 0.3 is 0 Å². The van der Waals surface area contributed by atoms with Crippen LogP contribution in [0.4, 0.5) is 4.39 Å². The van der Waals surface area contributed by atoms with Crippen molar-refractivity contribution in [3.05, 3.63) is 36.7 Å². The summed E-state index contributed by atoms with van der Waals surface area (Å²) in [5.74, 6) is -0.562. The van der Waals surface area contributed by atoms with E-state index in [1.807, 2.05) is 0 Å². The first-order valence-corrected chi connectivity index (χ1v) is 11.5. The summed E-state index contributed by atoms with van der Waals surface area (Å²) >= 11 is 0. The fourth-order valence-corrected chi connectivity index (χ4v) is 2.95. The van der Waals surface area contributed by atoms with Crippen molar-refractivity contribution >= 4 is 19.2 Å². The Bertz CT molecular complexity index is 846. The Morgan fingerprint density at radius 3 is 2.79 bits per heavy atom. The van der Waals surface area contributed by atoms with E-state index < -0.39 is 14.0 Å². The zero-order chi connectivity index (χ0) is 17.2. The van der Waals surface area contributed by atoms with E-state index in [-0.39, 0.29) is 0 Å². The summed E-state index contributed by atoms with van der Waals surface area (Å²) in [4.78, 5) is 12.4. The molecule has 126 valence electrons. The van der Waals surface area contributed by atoms with Gasteiger partial charge in [-0.1, -0.05) is 19.6 Å². The maximum absolute atomic E-state index is 13.8. The Hall–Kier alpha value is -2.19. The van der Waals surface area contributed by atoms with Crippen LogP contribution in [0.2, 0.25) is 25.7 Å². The van der Waals surface area contributed by atoms with Crippen LogP contribution < -0.4 is 0 Å². The average Bonchev–Trinajstić information content (AvgIpc) is 2.93. The van der Waals surface area contributed by atoms with Crippen LogP contribution in [-0.2, 0) is 11.5 Å². The number of hydrogen-bond donors (Lipinski definition) is 0. The van der Waals surface area contributed by atoms with Gasteiger partial charge in [0.05, 0.1) is 23.7 Å². The molecule has 3 aromatic rings. The molecule has 0 fully saturated rings. The number of aromatic nitrogens is 5. The molecule has 0 aliphatic heterocycles. The molecule has 8 heteroatoms. The second-order valence-electron chi connectivity index (χ2n) is 6.80. The number of ether oxygens (including phenoxy) is 1. The summed E-state index contributed by atoms with van der Waals surface area (Å²) in [6, 6.07) is 4.39. The van der Waals surface area contributed by atoms with E-state index in [9.17, 15) is 4.39 Å². The van der Waals surface area contributed by atoms with Gasteiger partial charge in [0.2, 0.25) is 5.95 Å². The van der Waals surface area contributed by atoms with Gasteiger partial charge in [-0.05, 0) is 18.2 Å². The molecule has 6 nitrogen and oxygen atoms in total. The quantitative estimate of drug-likeness (QED) is 0.389. The lowest BCUT2D eigenvalue weighted by Gasteiger charge is -2.15. The van der Waals surface area contributed by atoms with Gasteiger partial charge in [-0.3, -0.25) is 0 Å². The van der Waals surface area contributed by atoms with E-state index in [1.165, 1.54) is 12.4 Å². The van der Waals surface area contributed by atoms with Crippen molar-refractivity contribution in [3.63, 3.8) is 0 Å². The smallest absolute Gasteiger partial charge is 0.222 e. The summed E-state index contributed by atoms with van der Waals surface area (Å²) in [5, 5.41) is 4.26. The second-order valence-corrected chi connectivity index (χ2v) is 12.4. The van der Waals surface area contributed by atoms with E-state index in [2.05, 4.69) is 39.7 Å². The molecule has 0 aliphatic rings. The van der Waals surface area contributed by atoms with E-state index >= 15 is 0 Å². The molecule has 0 unspecified atom stereocenters. The summed E-state index contributed by atoms with van der Waals surface area (Å²) in [6.45, 7) is 7.98. The Kier molecular flexibility index (Phi) is 4.68. The predicted octanol–water partition coefficient (Wildman–Crippen LogP) is 3.34. The van der Waals surface area contributed by atoms with E-state index in [1.54, 1.807) is 23.0 Å². The van der Waals surface area contributed by atoms with Gasteiger partial charge in [-0.15, -0.1) is 0 Å². The van der Waals surface area contributed by atoms with Crippen LogP contribution in [0.15, 0.2) is 30.7 Å². The van der Waals surface area contributed by atoms with Crippen molar-refractivity contribution < 1.29 is 9.13 Å². The average molecular weight is 345 g/mol. The first-order valence-electron chi connectivity index (χ1n) is 7.81. The van der Waals surface area contributed by atoms with Crippen molar-refractivity contribution in [3.8, 4) is 11.3 Å². The first-order chi connectivity index (χ1) is 11.4. The van der Waals surface area contributed by atoms with Gasteiger partial charge in [0, 0.05) is 20.9 Å². The van der Waals surface area contributed by atoms with Crippen molar-refractivity contribution in [1.29, 1.82) is 0 Å². The zero-order valence-electron chi connectivity index (χ0n) is 14.0. The molecule has 0 spiro atoms. The normalized spacial score (nSPS) is 12.0. The lowest BCUT2D eigenvalue weighted by molar-refractivity contribution is 0.0813. The van der Waals surface area contributed by atoms with E-state index in [0.29, 0.717) is 35.8 Å². The topological polar surface area (TPSA) is 65.7 Å². The zero-order valence-corrected chi connectivity index (χ0v) is 15.0. The van der Waals surface area contributed by atoms with Crippen molar-refractivity contribution in [1.82, 2.24) is 24.7 Å². The molecule has 0 radical (unpaired) electrons. The maximum atomic E-state index is 13.8. The molecule has 0 bridgehead atoms. The number of fused-ring (bicyclic) bond motifs is 1. The molecule has 3 aromatic heterocycles. The first kappa shape index (κ1) is 16.7. The van der Waals surface area contributed by atoms with Crippen LogP contribution in [0.1, 0.15) is 0 Å². The van der Waals surface area contributed by atoms with Gasteiger partial charge in [0.25, 0.3) is 0 Å². The Balaban J connectivity index is 1.76. The Labute approximate surface area is 140 Å². The minimum Gasteiger partial charge on any atom is -0.359 e. The molecular weight excluding hydrogens is 325 g/mol. The van der Waals surface area contributed by atoms with Crippen molar-refractivity contribution in [2.24, 2.45) is 0 Å². The SMILES string of the molecule is C[Si](C)(C)CCOCn1ncc2nc(-c3cccnc3F)cnc21. The van der Waals surface area contributed by atoms with Crippen molar-refractivity contribution in [2.45, 2.75) is 32.4 Å². The highest BCUT2D eigenvalue weighted by molar-refractivity contribution is 6.76. The lowest BCUT2D eigenvalue weighted by Crippen LogP contribution is -2.22. The molecule has 0 saturated carbocycles. The molecule has 3 rings (SSSR count). The fraction of sp³-hybridized carbons (Fsp3) is 0.375. The van der Waals surface area contributed by atoms with Gasteiger partial charge < -0.3 is 4.74 Å². The molecule has 0 saturated heterocycles. The monoisotopic (exact) mass is 345 g/mol. The predicted molar refractivity (Wildman–Crippen MR) is 92.6 cm³/mol. The van der Waals surface area contributed by atoms with E-state index in [4.69, 9.17) is 4.74 Å². The maximum Gasteiger partial charge on any atom is 0.222 e. The highest BCUT2D eigenvalue weighted by Gasteiger charge is 2.13. The van der Waals surface area contributed by atoms with Crippen molar-refractivity contribution in [2.75, 3.05) is 6.61 Å². The minimum absolute atomic E-state index is 0.325. The van der Waals surface area contributed by atoms with Crippen LogP contribution in [0.3, 0.4) is 0 Å². The van der Waals surface area contributed by atoms with Crippen LogP contribution in [-0.4, -0.2) is 39.4 Å². The number of hydrogen-bond acceptors (Lipinski definition) is 5. The van der Waals surface area contributed by atoms with Crippen LogP contribution in [0.25, 0.3) is 22.4 Å². The molecular formula is C16H20FN5OSi. The van der Waals surface area contributed by atoms with Gasteiger partial charge in [0.15, 0.2) is 5.65 Å². The third-order valence-corrected chi connectivity index (χ3v) is 5.29. The minimum atomic E-state index is -1.11. The molecule has 0 N–H and O–H groups in total. The van der Waals surface area contributed by atoms with Gasteiger partial charge in [-0.25, -0.2) is 19.6 Å². The number of nitrogens with zero attached hydrogens (tertiary/aromatic N) is 5. The fourth-order valence-electron chi connectivity index (χ4n) is 2.19. The summed E-state index contributed by atoms with van der Waals surface area (Å²) in [7, 11) is -1.11. The van der Waals surface area contributed by atoms with Gasteiger partial charge in [-0.2, -0.15) is 9.49 Å². The molecule has 24 heavy (non-hydrogen) atoms. The molecule has 0 aliphatic carbocycles. The number of rotatable bonds is 6. The second kappa shape index (κ2) is 6.74. The highest BCUT2D eigenvalue weighted by atomic mass is 28.3.